The zero-order valence-electron chi connectivity index (χ0n) is 15.3. The second-order valence-corrected chi connectivity index (χ2v) is 7.49. The lowest BCUT2D eigenvalue weighted by atomic mass is 9.96. The molecule has 2 rings (SSSR count). The van der Waals surface area contributed by atoms with Gasteiger partial charge in [-0.1, -0.05) is 0 Å². The van der Waals surface area contributed by atoms with Crippen molar-refractivity contribution in [3.05, 3.63) is 11.8 Å². The molecule has 1 fully saturated rings. The summed E-state index contributed by atoms with van der Waals surface area (Å²) in [5.41, 5.74) is 0. The van der Waals surface area contributed by atoms with Gasteiger partial charge in [-0.25, -0.2) is 8.98 Å². The third kappa shape index (κ3) is 6.06. The Balaban J connectivity index is 2.26. The molecule has 30 heavy (non-hydrogen) atoms. The first kappa shape index (κ1) is 24.4. The van der Waals surface area contributed by atoms with Crippen LogP contribution < -0.4 is 5.32 Å². The summed E-state index contributed by atoms with van der Waals surface area (Å²) in [5.74, 6) is -3.07. The minimum Gasteiger partial charge on any atom is -0.475 e. The fourth-order valence-electron chi connectivity index (χ4n) is 2.81. The lowest BCUT2D eigenvalue weighted by Gasteiger charge is -2.44. The molecule has 0 aromatic rings. The van der Waals surface area contributed by atoms with Crippen molar-refractivity contribution >= 4 is 22.3 Å². The molecule has 0 saturated carbocycles. The average molecular weight is 459 g/mol. The van der Waals surface area contributed by atoms with Crippen LogP contribution in [0, 0.1) is 0 Å². The molecule has 1 saturated heterocycles. The fraction of sp³-hybridized carbons (Fsp3) is 0.714. The average Bonchev–Trinajstić information content (AvgIpc) is 2.61. The van der Waals surface area contributed by atoms with Crippen molar-refractivity contribution < 1.29 is 66.5 Å². The van der Waals surface area contributed by atoms with Gasteiger partial charge in [0, 0.05) is 6.92 Å². The molecule has 8 atom stereocenters. The molecule has 1 amide bonds. The molecular formula is C14H21NO14S. The molecule has 2 aliphatic heterocycles. The van der Waals surface area contributed by atoms with Gasteiger partial charge in [-0.2, -0.15) is 8.42 Å². The second kappa shape index (κ2) is 9.50. The zero-order valence-corrected chi connectivity index (χ0v) is 16.1. The highest BCUT2D eigenvalue weighted by Crippen LogP contribution is 2.28. The first-order valence-corrected chi connectivity index (χ1v) is 9.70. The maximum absolute atomic E-state index is 11.4. The predicted molar refractivity (Wildman–Crippen MR) is 89.5 cm³/mol. The van der Waals surface area contributed by atoms with E-state index in [4.69, 9.17) is 23.9 Å². The highest BCUT2D eigenvalue weighted by molar-refractivity contribution is 7.80. The Labute approximate surface area is 169 Å². The number of ether oxygens (including phenoxy) is 3. The second-order valence-electron chi connectivity index (χ2n) is 6.40. The number of carboxylic acid groups (broad SMARTS) is 1. The maximum Gasteiger partial charge on any atom is 0.397 e. The van der Waals surface area contributed by atoms with E-state index in [9.17, 15) is 38.4 Å². The highest BCUT2D eigenvalue weighted by atomic mass is 32.3. The van der Waals surface area contributed by atoms with Gasteiger partial charge < -0.3 is 45.1 Å². The number of aliphatic hydroxyl groups is 4. The van der Waals surface area contributed by atoms with Gasteiger partial charge in [0.15, 0.2) is 6.29 Å². The van der Waals surface area contributed by atoms with E-state index in [2.05, 4.69) is 9.50 Å². The van der Waals surface area contributed by atoms with Gasteiger partial charge in [0.05, 0.1) is 6.61 Å². The summed E-state index contributed by atoms with van der Waals surface area (Å²) in [5, 5.41) is 51.7. The number of carbonyl (C=O) groups is 2. The van der Waals surface area contributed by atoms with Crippen LogP contribution in [0.3, 0.4) is 0 Å². The number of carbonyl (C=O) groups excluding carboxylic acids is 1. The lowest BCUT2D eigenvalue weighted by molar-refractivity contribution is -0.301. The van der Waals surface area contributed by atoms with Gasteiger partial charge in [-0.05, 0) is 6.08 Å². The van der Waals surface area contributed by atoms with Gasteiger partial charge in [-0.15, -0.1) is 0 Å². The Bertz CT molecular complexity index is 784. The van der Waals surface area contributed by atoms with Gasteiger partial charge in [0.1, 0.15) is 36.6 Å². The van der Waals surface area contributed by atoms with Gasteiger partial charge in [0.25, 0.3) is 0 Å². The van der Waals surface area contributed by atoms with Crippen LogP contribution in [0.25, 0.3) is 0 Å². The fourth-order valence-corrected chi connectivity index (χ4v) is 3.11. The zero-order chi connectivity index (χ0) is 22.8. The Morgan fingerprint density at radius 1 is 1.20 bits per heavy atom. The topological polar surface area (TPSA) is 239 Å². The third-order valence-corrected chi connectivity index (χ3v) is 4.57. The molecule has 0 aliphatic carbocycles. The van der Waals surface area contributed by atoms with Gasteiger partial charge in [0.2, 0.25) is 18.0 Å². The van der Waals surface area contributed by atoms with E-state index in [1.807, 2.05) is 0 Å². The number of amides is 1. The minimum atomic E-state index is -4.93. The van der Waals surface area contributed by atoms with E-state index in [0.717, 1.165) is 6.92 Å². The van der Waals surface area contributed by atoms with Crippen LogP contribution in [0.5, 0.6) is 0 Å². The van der Waals surface area contributed by atoms with Gasteiger partial charge in [-0.3, -0.25) is 9.35 Å². The smallest absolute Gasteiger partial charge is 0.397 e. The van der Waals surface area contributed by atoms with Crippen LogP contribution in [0.1, 0.15) is 6.92 Å². The normalized spacial score (nSPS) is 37.1. The molecule has 15 nitrogen and oxygen atoms in total. The molecule has 0 aromatic heterocycles. The first-order chi connectivity index (χ1) is 13.8. The number of rotatable bonds is 7. The minimum absolute atomic E-state index is 0.702. The van der Waals surface area contributed by atoms with E-state index >= 15 is 0 Å². The molecule has 16 heteroatoms. The largest absolute Gasteiger partial charge is 0.475 e. The van der Waals surface area contributed by atoms with Crippen molar-refractivity contribution in [1.82, 2.24) is 5.32 Å². The summed E-state index contributed by atoms with van der Waals surface area (Å²) in [6.45, 7) is 0.0887. The summed E-state index contributed by atoms with van der Waals surface area (Å²) in [7, 11) is -4.93. The number of nitrogens with one attached hydrogen (secondary N) is 1. The number of aliphatic hydroxyl groups excluding tert-OH is 4. The number of carboxylic acids is 1. The summed E-state index contributed by atoms with van der Waals surface area (Å²) in [4.78, 5) is 22.5. The van der Waals surface area contributed by atoms with Crippen molar-refractivity contribution in [2.24, 2.45) is 0 Å². The standard InChI is InChI=1S/C14H21NO14S/c1-4(16)15-8-11(10(19)7(27-13(8)22)3-26-30(23,24)25)29-14-9(18)5(17)2-6(28-14)12(20)21/h2,5,7-11,13-14,17-19,22H,3H2,1H3,(H,15,16)(H,20,21)(H,23,24,25)/t5-,7+,8+,9+,10-,11+,13-,14-/m0/s1. The van der Waals surface area contributed by atoms with Crippen LogP contribution >= 0.6 is 0 Å². The molecule has 172 valence electrons. The molecule has 0 spiro atoms. The molecule has 0 radical (unpaired) electrons. The lowest BCUT2D eigenvalue weighted by Crippen LogP contribution is -2.66. The van der Waals surface area contributed by atoms with Crippen LogP contribution in [0.2, 0.25) is 0 Å². The van der Waals surface area contributed by atoms with E-state index < -0.39 is 83.8 Å². The van der Waals surface area contributed by atoms with Gasteiger partial charge >= 0.3 is 16.4 Å². The molecular weight excluding hydrogens is 438 g/mol. The van der Waals surface area contributed by atoms with Crippen LogP contribution in [-0.2, 0) is 38.4 Å². The summed E-state index contributed by atoms with van der Waals surface area (Å²) < 4.78 is 49.5. The number of hydrogen-bond acceptors (Lipinski definition) is 12. The third-order valence-electron chi connectivity index (χ3n) is 4.14. The molecule has 0 aromatic carbocycles. The number of hydrogen-bond donors (Lipinski definition) is 7. The van der Waals surface area contributed by atoms with Crippen molar-refractivity contribution in [2.45, 2.75) is 56.1 Å². The summed E-state index contributed by atoms with van der Waals surface area (Å²) in [6.07, 6.45) is -11.8. The Kier molecular flexibility index (Phi) is 7.72. The molecule has 0 unspecified atom stereocenters. The van der Waals surface area contributed by atoms with E-state index in [1.54, 1.807) is 0 Å². The predicted octanol–water partition coefficient (Wildman–Crippen LogP) is -4.18. The SMILES string of the molecule is CC(=O)N[C@@H]1[C@@H](O[C@@H]2OC(C(=O)O)=C[C@H](O)[C@H]2O)[C@@H](O)[C@@H](COS(=O)(=O)O)O[C@@H]1O. The first-order valence-electron chi connectivity index (χ1n) is 8.34. The van der Waals surface area contributed by atoms with E-state index in [0.29, 0.717) is 6.08 Å². The monoisotopic (exact) mass is 459 g/mol. The van der Waals surface area contributed by atoms with E-state index in [-0.39, 0.29) is 0 Å². The van der Waals surface area contributed by atoms with Crippen LogP contribution in [0.4, 0.5) is 0 Å². The number of aliphatic carboxylic acids is 1. The van der Waals surface area contributed by atoms with Crippen molar-refractivity contribution in [3.8, 4) is 0 Å². The molecule has 0 bridgehead atoms. The quantitative estimate of drug-likeness (QED) is 0.179. The van der Waals surface area contributed by atoms with Crippen molar-refractivity contribution in [1.29, 1.82) is 0 Å². The van der Waals surface area contributed by atoms with Crippen LogP contribution in [-0.4, -0.2) is 106 Å². The van der Waals surface area contributed by atoms with Crippen LogP contribution in [0.15, 0.2) is 11.8 Å². The highest BCUT2D eigenvalue weighted by Gasteiger charge is 2.49. The molecule has 2 heterocycles. The van der Waals surface area contributed by atoms with E-state index in [1.165, 1.54) is 0 Å². The van der Waals surface area contributed by atoms with Crippen molar-refractivity contribution in [2.75, 3.05) is 6.61 Å². The Hall–Kier alpha value is -1.89. The van der Waals surface area contributed by atoms with Crippen molar-refractivity contribution in [3.63, 3.8) is 0 Å². The molecule has 2 aliphatic rings. The Morgan fingerprint density at radius 2 is 1.83 bits per heavy atom. The Morgan fingerprint density at radius 3 is 2.37 bits per heavy atom. The summed E-state index contributed by atoms with van der Waals surface area (Å²) in [6, 6.07) is -1.49. The summed E-state index contributed by atoms with van der Waals surface area (Å²) >= 11 is 0. The molecule has 7 N–H and O–H groups in total. The maximum atomic E-state index is 11.4.